The predicted octanol–water partition coefficient (Wildman–Crippen LogP) is 5.23. The van der Waals surface area contributed by atoms with E-state index in [0.717, 1.165) is 34.1 Å². The normalized spacial score (nSPS) is 15.5. The number of amides is 2. The molecule has 1 aliphatic heterocycles. The van der Waals surface area contributed by atoms with Gasteiger partial charge in [-0.25, -0.2) is 0 Å². The second-order valence-electron chi connectivity index (χ2n) is 8.96. The number of hydrogen-bond acceptors (Lipinski definition) is 3. The lowest BCUT2D eigenvalue weighted by atomic mass is 9.98. The van der Waals surface area contributed by atoms with E-state index in [9.17, 15) is 9.59 Å². The van der Waals surface area contributed by atoms with Gasteiger partial charge in [0, 0.05) is 49.7 Å². The topological polar surface area (TPSA) is 53.5 Å². The van der Waals surface area contributed by atoms with Gasteiger partial charge in [-0.3, -0.25) is 14.6 Å². The van der Waals surface area contributed by atoms with Crippen molar-refractivity contribution in [2.75, 3.05) is 27.2 Å². The quantitative estimate of drug-likeness (QED) is 0.429. The average Bonchev–Trinajstić information content (AvgIpc) is 3.38. The molecule has 1 fully saturated rings. The van der Waals surface area contributed by atoms with Gasteiger partial charge in [-0.15, -0.1) is 0 Å². The van der Waals surface area contributed by atoms with Crippen LogP contribution in [-0.2, 0) is 0 Å². The van der Waals surface area contributed by atoms with Crippen molar-refractivity contribution < 1.29 is 9.59 Å². The molecule has 2 amide bonds. The largest absolute Gasteiger partial charge is 0.345 e. The molecule has 0 spiro atoms. The maximum Gasteiger partial charge on any atom is 0.254 e. The van der Waals surface area contributed by atoms with E-state index in [1.165, 1.54) is 0 Å². The fourth-order valence-corrected chi connectivity index (χ4v) is 4.72. The number of aromatic nitrogens is 1. The molecule has 0 aliphatic carbocycles. The third-order valence-corrected chi connectivity index (χ3v) is 6.51. The van der Waals surface area contributed by atoms with Crippen LogP contribution in [-0.4, -0.2) is 53.8 Å². The Balaban J connectivity index is 1.44. The van der Waals surface area contributed by atoms with Crippen molar-refractivity contribution in [1.29, 1.82) is 0 Å². The predicted molar refractivity (Wildman–Crippen MR) is 135 cm³/mol. The van der Waals surface area contributed by atoms with Crippen molar-refractivity contribution in [2.24, 2.45) is 0 Å². The highest BCUT2D eigenvalue weighted by Gasteiger charge is 2.31. The Hall–Kier alpha value is -3.99. The van der Waals surface area contributed by atoms with Crippen LogP contribution in [0, 0.1) is 0 Å². The fraction of sp³-hybridized carbons (Fsp3) is 0.207. The standard InChI is InChI=1S/C29H27N3O2/c1-31(2)28(33)25-18-27(30-26-15-9-8-13-23(25)26)21-16-17-32(19-21)29(34)24-14-7-6-12-22(24)20-10-4-3-5-11-20/h3-15,18,21H,16-17,19H2,1-2H3/t21-/m1/s1. The minimum absolute atomic E-state index is 0.0346. The third kappa shape index (κ3) is 4.05. The summed E-state index contributed by atoms with van der Waals surface area (Å²) in [5.74, 6) is 0.0843. The molecule has 0 radical (unpaired) electrons. The summed E-state index contributed by atoms with van der Waals surface area (Å²) in [5.41, 5.74) is 5.03. The highest BCUT2D eigenvalue weighted by atomic mass is 16.2. The summed E-state index contributed by atoms with van der Waals surface area (Å²) in [5, 5.41) is 0.854. The Morgan fingerprint density at radius 2 is 1.59 bits per heavy atom. The average molecular weight is 450 g/mol. The molecule has 170 valence electrons. The van der Waals surface area contributed by atoms with Gasteiger partial charge in [-0.1, -0.05) is 66.7 Å². The SMILES string of the molecule is CN(C)C(=O)c1cc([C@@H]2CCN(C(=O)c3ccccc3-c3ccccc3)C2)nc2ccccc12. The Kier molecular flexibility index (Phi) is 5.84. The van der Waals surface area contributed by atoms with Crippen LogP contribution in [0.1, 0.15) is 38.7 Å². The molecule has 1 aromatic heterocycles. The van der Waals surface area contributed by atoms with Gasteiger partial charge in [0.2, 0.25) is 0 Å². The lowest BCUT2D eigenvalue weighted by molar-refractivity contribution is 0.0789. The summed E-state index contributed by atoms with van der Waals surface area (Å²) < 4.78 is 0. The number of rotatable bonds is 4. The monoisotopic (exact) mass is 449 g/mol. The highest BCUT2D eigenvalue weighted by Crippen LogP contribution is 2.32. The summed E-state index contributed by atoms with van der Waals surface area (Å²) in [6.45, 7) is 1.25. The Morgan fingerprint density at radius 3 is 2.38 bits per heavy atom. The number of likely N-dealkylation sites (tertiary alicyclic amines) is 1. The first kappa shape index (κ1) is 21.8. The van der Waals surface area contributed by atoms with Gasteiger partial charge >= 0.3 is 0 Å². The number of hydrogen-bond donors (Lipinski definition) is 0. The van der Waals surface area contributed by atoms with E-state index in [1.54, 1.807) is 19.0 Å². The number of fused-ring (bicyclic) bond motifs is 1. The number of para-hydroxylation sites is 1. The van der Waals surface area contributed by atoms with Crippen molar-refractivity contribution in [2.45, 2.75) is 12.3 Å². The van der Waals surface area contributed by atoms with E-state index in [1.807, 2.05) is 89.8 Å². The van der Waals surface area contributed by atoms with Gasteiger partial charge in [0.05, 0.1) is 11.1 Å². The van der Waals surface area contributed by atoms with Gasteiger partial charge in [-0.2, -0.15) is 0 Å². The molecule has 0 bridgehead atoms. The van der Waals surface area contributed by atoms with Crippen molar-refractivity contribution in [3.8, 4) is 11.1 Å². The van der Waals surface area contributed by atoms with E-state index < -0.39 is 0 Å². The molecule has 1 atom stereocenters. The summed E-state index contributed by atoms with van der Waals surface area (Å²) in [4.78, 5) is 34.8. The van der Waals surface area contributed by atoms with Crippen molar-refractivity contribution in [3.05, 3.63) is 102 Å². The van der Waals surface area contributed by atoms with Crippen molar-refractivity contribution in [1.82, 2.24) is 14.8 Å². The molecule has 1 saturated heterocycles. The van der Waals surface area contributed by atoms with E-state index >= 15 is 0 Å². The molecule has 5 rings (SSSR count). The first-order valence-electron chi connectivity index (χ1n) is 11.6. The molecule has 0 saturated carbocycles. The summed E-state index contributed by atoms with van der Waals surface area (Å²) in [7, 11) is 3.52. The third-order valence-electron chi connectivity index (χ3n) is 6.51. The number of nitrogens with zero attached hydrogens (tertiary/aromatic N) is 3. The summed E-state index contributed by atoms with van der Waals surface area (Å²) in [6.07, 6.45) is 0.820. The first-order valence-corrected chi connectivity index (χ1v) is 11.6. The van der Waals surface area contributed by atoms with Crippen molar-refractivity contribution in [3.63, 3.8) is 0 Å². The number of benzene rings is 3. The molecule has 0 unspecified atom stereocenters. The van der Waals surface area contributed by atoms with E-state index in [0.29, 0.717) is 24.2 Å². The Morgan fingerprint density at radius 1 is 0.882 bits per heavy atom. The number of pyridine rings is 1. The Bertz CT molecular complexity index is 1360. The number of carbonyl (C=O) groups excluding carboxylic acids is 2. The number of carbonyl (C=O) groups is 2. The molecule has 34 heavy (non-hydrogen) atoms. The van der Waals surface area contributed by atoms with E-state index in [2.05, 4.69) is 0 Å². The molecule has 2 heterocycles. The van der Waals surface area contributed by atoms with E-state index in [-0.39, 0.29) is 17.7 Å². The maximum atomic E-state index is 13.5. The van der Waals surface area contributed by atoms with Gasteiger partial charge in [0.1, 0.15) is 0 Å². The zero-order valence-electron chi connectivity index (χ0n) is 19.4. The Labute approximate surface area is 199 Å². The van der Waals surface area contributed by atoms with Crippen LogP contribution in [0.5, 0.6) is 0 Å². The fourth-order valence-electron chi connectivity index (χ4n) is 4.72. The van der Waals surface area contributed by atoms with Gasteiger partial charge < -0.3 is 9.80 Å². The van der Waals surface area contributed by atoms with Crippen LogP contribution in [0.2, 0.25) is 0 Å². The molecule has 5 heteroatoms. The molecule has 0 N–H and O–H groups in total. The minimum Gasteiger partial charge on any atom is -0.345 e. The van der Waals surface area contributed by atoms with Gasteiger partial charge in [0.25, 0.3) is 11.8 Å². The van der Waals surface area contributed by atoms with Crippen LogP contribution in [0.3, 0.4) is 0 Å². The summed E-state index contributed by atoms with van der Waals surface area (Å²) >= 11 is 0. The van der Waals surface area contributed by atoms with Crippen LogP contribution in [0.15, 0.2) is 84.9 Å². The zero-order chi connectivity index (χ0) is 23.7. The van der Waals surface area contributed by atoms with Crippen LogP contribution >= 0.6 is 0 Å². The molecular formula is C29H27N3O2. The smallest absolute Gasteiger partial charge is 0.254 e. The van der Waals surface area contributed by atoms with E-state index in [4.69, 9.17) is 4.98 Å². The highest BCUT2D eigenvalue weighted by molar-refractivity contribution is 6.06. The van der Waals surface area contributed by atoms with Crippen LogP contribution in [0.25, 0.3) is 22.0 Å². The molecule has 1 aliphatic rings. The molecule has 5 nitrogen and oxygen atoms in total. The van der Waals surface area contributed by atoms with Crippen LogP contribution in [0.4, 0.5) is 0 Å². The lowest BCUT2D eigenvalue weighted by Crippen LogP contribution is -2.29. The second kappa shape index (κ2) is 9.10. The summed E-state index contributed by atoms with van der Waals surface area (Å²) in [6, 6.07) is 27.5. The second-order valence-corrected chi connectivity index (χ2v) is 8.96. The molecular weight excluding hydrogens is 422 g/mol. The molecule has 3 aromatic carbocycles. The molecule has 4 aromatic rings. The maximum absolute atomic E-state index is 13.5. The minimum atomic E-state index is -0.0393. The van der Waals surface area contributed by atoms with Gasteiger partial charge in [0.15, 0.2) is 0 Å². The van der Waals surface area contributed by atoms with Crippen LogP contribution < -0.4 is 0 Å². The first-order chi connectivity index (χ1) is 16.5. The zero-order valence-corrected chi connectivity index (χ0v) is 19.4. The van der Waals surface area contributed by atoms with Gasteiger partial charge in [-0.05, 0) is 35.7 Å². The lowest BCUT2D eigenvalue weighted by Gasteiger charge is -2.19. The van der Waals surface area contributed by atoms with Crippen molar-refractivity contribution >= 4 is 22.7 Å².